The van der Waals surface area contributed by atoms with Crippen molar-refractivity contribution in [3.63, 3.8) is 0 Å². The number of thiophene rings is 1. The summed E-state index contributed by atoms with van der Waals surface area (Å²) in [5.74, 6) is -0.936. The van der Waals surface area contributed by atoms with Gasteiger partial charge in [-0.05, 0) is 36.8 Å². The van der Waals surface area contributed by atoms with Crippen molar-refractivity contribution < 1.29 is 19.1 Å². The fraction of sp³-hybridized carbons (Fsp3) is 0.450. The molecule has 8 heteroatoms. The molecule has 1 N–H and O–H groups in total. The quantitative estimate of drug-likeness (QED) is 0.665. The summed E-state index contributed by atoms with van der Waals surface area (Å²) in [6.45, 7) is 4.48. The lowest BCUT2D eigenvalue weighted by atomic mass is 9.92. The van der Waals surface area contributed by atoms with Crippen LogP contribution in [-0.4, -0.2) is 30.1 Å². The highest BCUT2D eigenvalue weighted by molar-refractivity contribution is 7.18. The Balaban J connectivity index is 1.67. The Morgan fingerprint density at radius 1 is 1.39 bits per heavy atom. The molecule has 0 amide bonds. The van der Waals surface area contributed by atoms with Gasteiger partial charge in [0.05, 0.1) is 24.6 Å². The zero-order chi connectivity index (χ0) is 20.3. The SMILES string of the molecule is COC(=O)c1cc(COC(=O)c2ccncc2NC2CCC(C)(C)C2)c(Cl)s1. The first kappa shape index (κ1) is 20.6. The molecule has 0 spiro atoms. The van der Waals surface area contributed by atoms with Crippen LogP contribution in [0.15, 0.2) is 24.5 Å². The third-order valence-electron chi connectivity index (χ3n) is 4.87. The fourth-order valence-corrected chi connectivity index (χ4v) is 4.56. The van der Waals surface area contributed by atoms with Crippen LogP contribution >= 0.6 is 22.9 Å². The van der Waals surface area contributed by atoms with Crippen molar-refractivity contribution in [2.24, 2.45) is 5.41 Å². The number of ether oxygens (including phenoxy) is 2. The highest BCUT2D eigenvalue weighted by Crippen LogP contribution is 2.38. The molecule has 150 valence electrons. The first-order valence-electron chi connectivity index (χ1n) is 9.03. The molecule has 0 saturated heterocycles. The number of halogens is 1. The van der Waals surface area contributed by atoms with Crippen LogP contribution in [0.3, 0.4) is 0 Å². The Bertz CT molecular complexity index is 881. The fourth-order valence-electron chi connectivity index (χ4n) is 3.39. The molecule has 0 aliphatic heterocycles. The van der Waals surface area contributed by atoms with Crippen LogP contribution in [0, 0.1) is 5.41 Å². The molecule has 2 aromatic rings. The van der Waals surface area contributed by atoms with E-state index in [1.165, 1.54) is 7.11 Å². The van der Waals surface area contributed by atoms with Gasteiger partial charge >= 0.3 is 11.9 Å². The largest absolute Gasteiger partial charge is 0.465 e. The minimum atomic E-state index is -0.468. The first-order valence-corrected chi connectivity index (χ1v) is 10.2. The lowest BCUT2D eigenvalue weighted by Gasteiger charge is -2.19. The average molecular weight is 423 g/mol. The van der Waals surface area contributed by atoms with Crippen molar-refractivity contribution in [3.8, 4) is 0 Å². The van der Waals surface area contributed by atoms with Gasteiger partial charge in [-0.25, -0.2) is 9.59 Å². The minimum Gasteiger partial charge on any atom is -0.465 e. The number of carbonyl (C=O) groups is 2. The second-order valence-electron chi connectivity index (χ2n) is 7.65. The topological polar surface area (TPSA) is 77.5 Å². The molecule has 0 bridgehead atoms. The van der Waals surface area contributed by atoms with Gasteiger partial charge in [0.15, 0.2) is 0 Å². The molecule has 1 saturated carbocycles. The number of rotatable bonds is 6. The normalized spacial score (nSPS) is 17.9. The van der Waals surface area contributed by atoms with E-state index in [4.69, 9.17) is 16.3 Å². The highest BCUT2D eigenvalue weighted by atomic mass is 35.5. The van der Waals surface area contributed by atoms with E-state index in [-0.39, 0.29) is 6.61 Å². The second kappa shape index (κ2) is 8.49. The van der Waals surface area contributed by atoms with Crippen molar-refractivity contribution >= 4 is 40.6 Å². The molecule has 0 radical (unpaired) electrons. The lowest BCUT2D eigenvalue weighted by molar-refractivity contribution is 0.0474. The van der Waals surface area contributed by atoms with Crippen LogP contribution in [0.1, 0.15) is 58.7 Å². The summed E-state index contributed by atoms with van der Waals surface area (Å²) in [4.78, 5) is 28.7. The summed E-state index contributed by atoms with van der Waals surface area (Å²) < 4.78 is 10.5. The maximum Gasteiger partial charge on any atom is 0.348 e. The van der Waals surface area contributed by atoms with Gasteiger partial charge in [0, 0.05) is 17.8 Å². The summed E-state index contributed by atoms with van der Waals surface area (Å²) in [5, 5.41) is 3.43. The van der Waals surface area contributed by atoms with Gasteiger partial charge in [-0.1, -0.05) is 25.4 Å². The molecule has 1 atom stereocenters. The summed E-state index contributed by atoms with van der Waals surface area (Å²) in [6, 6.07) is 3.53. The number of carbonyl (C=O) groups excluding carboxylic acids is 2. The monoisotopic (exact) mass is 422 g/mol. The van der Waals surface area contributed by atoms with Gasteiger partial charge < -0.3 is 14.8 Å². The molecule has 1 aliphatic rings. The summed E-state index contributed by atoms with van der Waals surface area (Å²) in [6.07, 6.45) is 6.44. The van der Waals surface area contributed by atoms with Gasteiger partial charge in [0.1, 0.15) is 15.8 Å². The molecule has 1 fully saturated rings. The van der Waals surface area contributed by atoms with E-state index in [0.717, 1.165) is 30.6 Å². The van der Waals surface area contributed by atoms with E-state index in [0.29, 0.717) is 37.5 Å². The maximum atomic E-state index is 12.6. The van der Waals surface area contributed by atoms with Crippen LogP contribution in [0.2, 0.25) is 4.34 Å². The average Bonchev–Trinajstić information content (AvgIpc) is 3.21. The van der Waals surface area contributed by atoms with Gasteiger partial charge in [-0.3, -0.25) is 4.98 Å². The molecule has 28 heavy (non-hydrogen) atoms. The van der Waals surface area contributed by atoms with Gasteiger partial charge in [0.25, 0.3) is 0 Å². The number of anilines is 1. The molecule has 2 aromatic heterocycles. The highest BCUT2D eigenvalue weighted by Gasteiger charge is 2.31. The Morgan fingerprint density at radius 3 is 2.86 bits per heavy atom. The molecular formula is C20H23ClN2O4S. The van der Waals surface area contributed by atoms with Gasteiger partial charge in [0.2, 0.25) is 0 Å². The van der Waals surface area contributed by atoms with Crippen LogP contribution in [-0.2, 0) is 16.1 Å². The number of hydrogen-bond acceptors (Lipinski definition) is 7. The molecule has 2 heterocycles. The number of nitrogens with one attached hydrogen (secondary N) is 1. The standard InChI is InChI=1S/C20H23ClN2O4S/c1-20(2)6-4-13(9-20)23-15-10-22-7-5-14(15)18(24)27-11-12-8-16(19(25)26-3)28-17(12)21/h5,7-8,10,13,23H,4,6,9,11H2,1-3H3. The molecule has 0 aromatic carbocycles. The lowest BCUT2D eigenvalue weighted by Crippen LogP contribution is -2.20. The van der Waals surface area contributed by atoms with Gasteiger partial charge in [-0.15, -0.1) is 11.3 Å². The predicted octanol–water partition coefficient (Wildman–Crippen LogP) is 4.93. The van der Waals surface area contributed by atoms with E-state index < -0.39 is 11.9 Å². The number of esters is 2. The number of nitrogens with zero attached hydrogens (tertiary/aromatic N) is 1. The van der Waals surface area contributed by atoms with E-state index in [9.17, 15) is 9.59 Å². The molecule has 1 unspecified atom stereocenters. The van der Waals surface area contributed by atoms with Crippen LogP contribution in [0.25, 0.3) is 0 Å². The summed E-state index contributed by atoms with van der Waals surface area (Å²) in [7, 11) is 1.30. The summed E-state index contributed by atoms with van der Waals surface area (Å²) in [5.41, 5.74) is 1.97. The first-order chi connectivity index (χ1) is 13.3. The van der Waals surface area contributed by atoms with E-state index >= 15 is 0 Å². The maximum absolute atomic E-state index is 12.6. The molecule has 3 rings (SSSR count). The van der Waals surface area contributed by atoms with Crippen molar-refractivity contribution in [1.82, 2.24) is 4.98 Å². The Labute approximate surface area is 173 Å². The van der Waals surface area contributed by atoms with Crippen LogP contribution in [0.5, 0.6) is 0 Å². The Kier molecular flexibility index (Phi) is 6.25. The van der Waals surface area contributed by atoms with Crippen LogP contribution in [0.4, 0.5) is 5.69 Å². The zero-order valence-electron chi connectivity index (χ0n) is 16.1. The van der Waals surface area contributed by atoms with Crippen molar-refractivity contribution in [1.29, 1.82) is 0 Å². The third-order valence-corrected chi connectivity index (χ3v) is 6.29. The van der Waals surface area contributed by atoms with E-state index in [2.05, 4.69) is 28.9 Å². The van der Waals surface area contributed by atoms with E-state index in [1.54, 1.807) is 24.5 Å². The summed E-state index contributed by atoms with van der Waals surface area (Å²) >= 11 is 7.24. The second-order valence-corrected chi connectivity index (χ2v) is 9.30. The van der Waals surface area contributed by atoms with Gasteiger partial charge in [-0.2, -0.15) is 0 Å². The van der Waals surface area contributed by atoms with Crippen molar-refractivity contribution in [2.45, 2.75) is 45.8 Å². The van der Waals surface area contributed by atoms with Crippen molar-refractivity contribution in [3.05, 3.63) is 44.9 Å². The number of aromatic nitrogens is 1. The Hall–Kier alpha value is -2.12. The predicted molar refractivity (Wildman–Crippen MR) is 109 cm³/mol. The van der Waals surface area contributed by atoms with Crippen LogP contribution < -0.4 is 5.32 Å². The van der Waals surface area contributed by atoms with Crippen molar-refractivity contribution in [2.75, 3.05) is 12.4 Å². The molecule has 1 aliphatic carbocycles. The molecular weight excluding hydrogens is 400 g/mol. The molecule has 6 nitrogen and oxygen atoms in total. The number of hydrogen-bond donors (Lipinski definition) is 1. The number of methoxy groups -OCH3 is 1. The Morgan fingerprint density at radius 2 is 2.18 bits per heavy atom. The smallest absolute Gasteiger partial charge is 0.348 e. The minimum absolute atomic E-state index is 0.0244. The third kappa shape index (κ3) is 4.83. The number of pyridine rings is 1. The zero-order valence-corrected chi connectivity index (χ0v) is 17.7. The van der Waals surface area contributed by atoms with E-state index in [1.807, 2.05) is 0 Å².